The summed E-state index contributed by atoms with van der Waals surface area (Å²) < 4.78 is 36.3. The molecular formula is C21H29IN4O4S. The molecule has 0 atom stereocenters. The monoisotopic (exact) mass is 560 g/mol. The molecule has 31 heavy (non-hydrogen) atoms. The minimum Gasteiger partial charge on any atom is -0.454 e. The van der Waals surface area contributed by atoms with Crippen molar-refractivity contribution in [3.05, 3.63) is 53.6 Å². The van der Waals surface area contributed by atoms with Crippen LogP contribution in [-0.2, 0) is 23.0 Å². The lowest BCUT2D eigenvalue weighted by Crippen LogP contribution is -2.38. The summed E-state index contributed by atoms with van der Waals surface area (Å²) in [5.74, 6) is 2.28. The Labute approximate surface area is 201 Å². The number of fused-ring (bicyclic) bond motifs is 1. The van der Waals surface area contributed by atoms with Gasteiger partial charge in [-0.05, 0) is 48.7 Å². The fraction of sp³-hybridized carbons (Fsp3) is 0.381. The quantitative estimate of drug-likeness (QED) is 0.293. The molecule has 0 aliphatic carbocycles. The highest BCUT2D eigenvalue weighted by Gasteiger charge is 2.16. The molecular weight excluding hydrogens is 531 g/mol. The van der Waals surface area contributed by atoms with Crippen LogP contribution in [0.1, 0.15) is 18.1 Å². The van der Waals surface area contributed by atoms with Gasteiger partial charge < -0.3 is 20.1 Å². The van der Waals surface area contributed by atoms with Gasteiger partial charge >= 0.3 is 0 Å². The standard InChI is InChI=1S/C21H28N4O4S.HI/c1-4-22-21(23-12-11-16-7-10-19-20(13-16)29-15-28-19)24-14-17-5-8-18(9-6-17)30(26,27)25(2)3;/h5-10,13H,4,11-12,14-15H2,1-3H3,(H2,22,23,24);1H. The fourth-order valence-corrected chi connectivity index (χ4v) is 3.81. The van der Waals surface area contributed by atoms with Crippen LogP contribution in [0.25, 0.3) is 0 Å². The Morgan fingerprint density at radius 1 is 1.03 bits per heavy atom. The first-order valence-corrected chi connectivity index (χ1v) is 11.3. The van der Waals surface area contributed by atoms with Gasteiger partial charge in [0.25, 0.3) is 0 Å². The minimum absolute atomic E-state index is 0. The van der Waals surface area contributed by atoms with Crippen LogP contribution in [-0.4, -0.2) is 52.7 Å². The molecule has 10 heteroatoms. The normalized spacial score (nSPS) is 13.1. The zero-order valence-electron chi connectivity index (χ0n) is 17.9. The fourth-order valence-electron chi connectivity index (χ4n) is 2.91. The maximum Gasteiger partial charge on any atom is 0.242 e. The third-order valence-corrected chi connectivity index (χ3v) is 6.44. The maximum absolute atomic E-state index is 12.2. The molecule has 170 valence electrons. The summed E-state index contributed by atoms with van der Waals surface area (Å²) in [5.41, 5.74) is 2.08. The highest BCUT2D eigenvalue weighted by Crippen LogP contribution is 2.32. The van der Waals surface area contributed by atoms with Crippen LogP contribution in [0.15, 0.2) is 52.4 Å². The van der Waals surface area contributed by atoms with E-state index in [4.69, 9.17) is 9.47 Å². The molecule has 0 amide bonds. The van der Waals surface area contributed by atoms with Crippen LogP contribution in [0.4, 0.5) is 0 Å². The first-order valence-electron chi connectivity index (χ1n) is 9.82. The second kappa shape index (κ2) is 11.5. The average molecular weight is 560 g/mol. The summed E-state index contributed by atoms with van der Waals surface area (Å²) in [5, 5.41) is 6.54. The number of nitrogens with zero attached hydrogens (tertiary/aromatic N) is 2. The van der Waals surface area contributed by atoms with Gasteiger partial charge in [0, 0.05) is 27.2 Å². The van der Waals surface area contributed by atoms with E-state index < -0.39 is 10.0 Å². The predicted molar refractivity (Wildman–Crippen MR) is 132 cm³/mol. The molecule has 0 spiro atoms. The number of hydrogen-bond acceptors (Lipinski definition) is 5. The summed E-state index contributed by atoms with van der Waals surface area (Å²) in [4.78, 5) is 4.86. The van der Waals surface area contributed by atoms with Gasteiger partial charge in [0.1, 0.15) is 0 Å². The molecule has 0 fully saturated rings. The lowest BCUT2D eigenvalue weighted by Gasteiger charge is -2.12. The summed E-state index contributed by atoms with van der Waals surface area (Å²) in [6.45, 7) is 4.19. The molecule has 0 unspecified atom stereocenters. The molecule has 0 saturated heterocycles. The van der Waals surface area contributed by atoms with Gasteiger partial charge in [-0.15, -0.1) is 24.0 Å². The van der Waals surface area contributed by atoms with E-state index in [9.17, 15) is 8.42 Å². The van der Waals surface area contributed by atoms with Gasteiger partial charge in [-0.3, -0.25) is 0 Å². The van der Waals surface area contributed by atoms with E-state index >= 15 is 0 Å². The van der Waals surface area contributed by atoms with Crippen LogP contribution in [0.5, 0.6) is 11.5 Å². The number of guanidine groups is 1. The smallest absolute Gasteiger partial charge is 0.242 e. The van der Waals surface area contributed by atoms with Crippen molar-refractivity contribution in [3.63, 3.8) is 0 Å². The minimum atomic E-state index is -3.42. The topological polar surface area (TPSA) is 92.3 Å². The van der Waals surface area contributed by atoms with Crippen LogP contribution in [0, 0.1) is 0 Å². The van der Waals surface area contributed by atoms with Crippen molar-refractivity contribution in [1.82, 2.24) is 14.9 Å². The first kappa shape index (κ1) is 25.2. The van der Waals surface area contributed by atoms with E-state index in [1.54, 1.807) is 24.3 Å². The third kappa shape index (κ3) is 6.71. The number of aliphatic imine (C=N–C) groups is 1. The van der Waals surface area contributed by atoms with Gasteiger partial charge in [-0.1, -0.05) is 18.2 Å². The Morgan fingerprint density at radius 2 is 1.71 bits per heavy atom. The number of halogens is 1. The lowest BCUT2D eigenvalue weighted by atomic mass is 10.1. The van der Waals surface area contributed by atoms with Crippen molar-refractivity contribution < 1.29 is 17.9 Å². The molecule has 2 N–H and O–H groups in total. The Kier molecular flexibility index (Phi) is 9.38. The highest BCUT2D eigenvalue weighted by atomic mass is 127. The van der Waals surface area contributed by atoms with E-state index in [0.717, 1.165) is 35.6 Å². The number of nitrogens with one attached hydrogen (secondary N) is 2. The van der Waals surface area contributed by atoms with Crippen molar-refractivity contribution in [1.29, 1.82) is 0 Å². The lowest BCUT2D eigenvalue weighted by molar-refractivity contribution is 0.174. The molecule has 1 aliphatic heterocycles. The molecule has 0 saturated carbocycles. The number of ether oxygens (including phenoxy) is 2. The molecule has 1 heterocycles. The van der Waals surface area contributed by atoms with E-state index in [2.05, 4.69) is 15.6 Å². The third-order valence-electron chi connectivity index (χ3n) is 4.61. The Balaban J connectivity index is 0.00000341. The second-order valence-corrected chi connectivity index (χ2v) is 9.14. The highest BCUT2D eigenvalue weighted by molar-refractivity contribution is 14.0. The molecule has 2 aromatic carbocycles. The molecule has 1 aliphatic rings. The summed E-state index contributed by atoms with van der Waals surface area (Å²) in [6.07, 6.45) is 0.818. The number of hydrogen-bond donors (Lipinski definition) is 2. The van der Waals surface area contributed by atoms with Crippen molar-refractivity contribution in [2.45, 2.75) is 24.8 Å². The van der Waals surface area contributed by atoms with E-state index in [0.29, 0.717) is 19.0 Å². The van der Waals surface area contributed by atoms with Crippen LogP contribution in [0.3, 0.4) is 0 Å². The van der Waals surface area contributed by atoms with Crippen LogP contribution >= 0.6 is 24.0 Å². The Morgan fingerprint density at radius 3 is 2.39 bits per heavy atom. The summed E-state index contributed by atoms with van der Waals surface area (Å²) in [7, 11) is -0.381. The van der Waals surface area contributed by atoms with Gasteiger partial charge in [0.2, 0.25) is 16.8 Å². The van der Waals surface area contributed by atoms with Gasteiger partial charge in [0.05, 0.1) is 11.4 Å². The zero-order chi connectivity index (χ0) is 21.6. The van der Waals surface area contributed by atoms with Gasteiger partial charge in [-0.25, -0.2) is 17.7 Å². The van der Waals surface area contributed by atoms with Crippen molar-refractivity contribution >= 4 is 40.0 Å². The number of benzene rings is 2. The molecule has 0 aromatic heterocycles. The van der Waals surface area contributed by atoms with E-state index in [1.807, 2.05) is 25.1 Å². The maximum atomic E-state index is 12.2. The molecule has 3 rings (SSSR count). The molecule has 8 nitrogen and oxygen atoms in total. The van der Waals surface area contributed by atoms with Crippen molar-refractivity contribution in [2.75, 3.05) is 34.0 Å². The predicted octanol–water partition coefficient (Wildman–Crippen LogP) is 2.58. The van der Waals surface area contributed by atoms with Crippen molar-refractivity contribution in [3.8, 4) is 11.5 Å². The summed E-state index contributed by atoms with van der Waals surface area (Å²) >= 11 is 0. The zero-order valence-corrected chi connectivity index (χ0v) is 21.1. The molecule has 2 aromatic rings. The SMILES string of the molecule is CCNC(=NCc1ccc(S(=O)(=O)N(C)C)cc1)NCCc1ccc2c(c1)OCO2.I. The first-order chi connectivity index (χ1) is 14.4. The Bertz CT molecular complexity index is 995. The molecule has 0 bridgehead atoms. The van der Waals surface area contributed by atoms with Crippen LogP contribution < -0.4 is 20.1 Å². The summed E-state index contributed by atoms with van der Waals surface area (Å²) in [6, 6.07) is 12.8. The van der Waals surface area contributed by atoms with E-state index in [1.165, 1.54) is 18.4 Å². The average Bonchev–Trinajstić information content (AvgIpc) is 3.20. The van der Waals surface area contributed by atoms with Crippen LogP contribution in [0.2, 0.25) is 0 Å². The Hall–Kier alpha value is -2.05. The molecule has 0 radical (unpaired) electrons. The number of sulfonamides is 1. The van der Waals surface area contributed by atoms with Gasteiger partial charge in [0.15, 0.2) is 17.5 Å². The largest absolute Gasteiger partial charge is 0.454 e. The van der Waals surface area contributed by atoms with Gasteiger partial charge in [-0.2, -0.15) is 0 Å². The second-order valence-electron chi connectivity index (χ2n) is 6.99. The van der Waals surface area contributed by atoms with Crippen molar-refractivity contribution in [2.24, 2.45) is 4.99 Å². The number of rotatable bonds is 8. The van der Waals surface area contributed by atoms with E-state index in [-0.39, 0.29) is 35.7 Å².